The number of carbonyl (C=O) groups is 1. The molecule has 0 aliphatic heterocycles. The summed E-state index contributed by atoms with van der Waals surface area (Å²) in [4.78, 5) is 12.0. The molecule has 0 spiro atoms. The first kappa shape index (κ1) is 14.7. The molecular weight excluding hydrogens is 234 g/mol. The quantitative estimate of drug-likeness (QED) is 0.778. The number of rotatable bonds is 7. The van der Waals surface area contributed by atoms with Crippen LogP contribution in [0.5, 0.6) is 0 Å². The van der Waals surface area contributed by atoms with Crippen LogP contribution in [0.25, 0.3) is 0 Å². The van der Waals surface area contributed by atoms with Crippen molar-refractivity contribution in [3.63, 3.8) is 0 Å². The second-order valence-corrected chi connectivity index (χ2v) is 4.54. The number of ether oxygens (including phenoxy) is 1. The van der Waals surface area contributed by atoms with E-state index in [0.717, 1.165) is 6.42 Å². The van der Waals surface area contributed by atoms with E-state index >= 15 is 0 Å². The van der Waals surface area contributed by atoms with Crippen molar-refractivity contribution in [1.82, 2.24) is 5.32 Å². The maximum absolute atomic E-state index is 12.0. The third-order valence-electron chi connectivity index (χ3n) is 3.03. The summed E-state index contributed by atoms with van der Waals surface area (Å²) >= 11 is 0. The van der Waals surface area contributed by atoms with Crippen LogP contribution in [0.3, 0.4) is 0 Å². The minimum atomic E-state index is -0.417. The Labute approximate surface area is 107 Å². The molecule has 0 aliphatic rings. The number of aliphatic hydroxyl groups is 1. The molecule has 1 heterocycles. The number of methoxy groups -OCH3 is 1. The lowest BCUT2D eigenvalue weighted by Crippen LogP contribution is -2.46. The van der Waals surface area contributed by atoms with Gasteiger partial charge in [0.1, 0.15) is 12.4 Å². The van der Waals surface area contributed by atoms with Crippen LogP contribution in [0.1, 0.15) is 43.0 Å². The minimum Gasteiger partial charge on any atom is -0.453 e. The van der Waals surface area contributed by atoms with Crippen molar-refractivity contribution >= 4 is 5.91 Å². The largest absolute Gasteiger partial charge is 0.453 e. The standard InChI is InChI=1S/C13H21NO4/c1-4-13(2,7-8-15)14-12(16)11-6-5-10(18-11)9-17-3/h5-6,15H,4,7-9H2,1-3H3,(H,14,16). The summed E-state index contributed by atoms with van der Waals surface area (Å²) in [5.41, 5.74) is -0.417. The lowest BCUT2D eigenvalue weighted by Gasteiger charge is -2.28. The summed E-state index contributed by atoms with van der Waals surface area (Å²) in [6.45, 7) is 4.25. The fourth-order valence-corrected chi connectivity index (χ4v) is 1.63. The Morgan fingerprint density at radius 3 is 2.83 bits per heavy atom. The summed E-state index contributed by atoms with van der Waals surface area (Å²) < 4.78 is 10.3. The van der Waals surface area contributed by atoms with Gasteiger partial charge in [0.15, 0.2) is 5.76 Å². The van der Waals surface area contributed by atoms with Gasteiger partial charge in [0.2, 0.25) is 0 Å². The number of furan rings is 1. The van der Waals surface area contributed by atoms with E-state index < -0.39 is 5.54 Å². The molecule has 1 amide bonds. The van der Waals surface area contributed by atoms with Crippen molar-refractivity contribution in [3.8, 4) is 0 Å². The second kappa shape index (κ2) is 6.56. The topological polar surface area (TPSA) is 71.7 Å². The molecular formula is C13H21NO4. The molecule has 1 unspecified atom stereocenters. The average Bonchev–Trinajstić information content (AvgIpc) is 2.78. The predicted octanol–water partition coefficient (Wildman–Crippen LogP) is 1.71. The highest BCUT2D eigenvalue weighted by Crippen LogP contribution is 2.16. The van der Waals surface area contributed by atoms with Gasteiger partial charge in [-0.25, -0.2) is 0 Å². The van der Waals surface area contributed by atoms with E-state index in [1.165, 1.54) is 0 Å². The van der Waals surface area contributed by atoms with Gasteiger partial charge in [-0.05, 0) is 31.9 Å². The maximum atomic E-state index is 12.0. The van der Waals surface area contributed by atoms with Crippen LogP contribution in [-0.4, -0.2) is 30.3 Å². The van der Waals surface area contributed by atoms with Crippen molar-refractivity contribution < 1.29 is 19.1 Å². The van der Waals surface area contributed by atoms with Gasteiger partial charge < -0.3 is 19.6 Å². The van der Waals surface area contributed by atoms with Crippen molar-refractivity contribution in [2.24, 2.45) is 0 Å². The van der Waals surface area contributed by atoms with Crippen LogP contribution in [0.4, 0.5) is 0 Å². The predicted molar refractivity (Wildman–Crippen MR) is 67.3 cm³/mol. The van der Waals surface area contributed by atoms with E-state index in [9.17, 15) is 4.79 Å². The van der Waals surface area contributed by atoms with Gasteiger partial charge in [-0.3, -0.25) is 4.79 Å². The number of hydrogen-bond donors (Lipinski definition) is 2. The molecule has 1 aromatic rings. The SMILES string of the molecule is CCC(C)(CCO)NC(=O)c1ccc(COC)o1. The zero-order valence-electron chi connectivity index (χ0n) is 11.2. The van der Waals surface area contributed by atoms with Crippen molar-refractivity contribution in [2.45, 2.75) is 38.8 Å². The Morgan fingerprint density at radius 1 is 1.56 bits per heavy atom. The number of hydrogen-bond acceptors (Lipinski definition) is 4. The molecule has 0 saturated carbocycles. The summed E-state index contributed by atoms with van der Waals surface area (Å²) in [5, 5.41) is 11.9. The van der Waals surface area contributed by atoms with E-state index in [1.54, 1.807) is 19.2 Å². The van der Waals surface area contributed by atoms with Gasteiger partial charge >= 0.3 is 0 Å². The first-order valence-corrected chi connectivity index (χ1v) is 6.05. The van der Waals surface area contributed by atoms with Crippen molar-refractivity contribution in [2.75, 3.05) is 13.7 Å². The van der Waals surface area contributed by atoms with Crippen LogP contribution < -0.4 is 5.32 Å². The Morgan fingerprint density at radius 2 is 2.28 bits per heavy atom. The first-order valence-electron chi connectivity index (χ1n) is 6.05. The minimum absolute atomic E-state index is 0.0394. The normalized spacial score (nSPS) is 14.2. The molecule has 0 saturated heterocycles. The molecule has 0 aromatic carbocycles. The van der Waals surface area contributed by atoms with Gasteiger partial charge in [0, 0.05) is 19.3 Å². The van der Waals surface area contributed by atoms with Gasteiger partial charge in [0.05, 0.1) is 0 Å². The Bertz CT molecular complexity index is 388. The first-order chi connectivity index (χ1) is 8.54. The highest BCUT2D eigenvalue weighted by Gasteiger charge is 2.25. The molecule has 1 rings (SSSR count). The lowest BCUT2D eigenvalue weighted by atomic mass is 9.95. The number of aliphatic hydroxyl groups excluding tert-OH is 1. The van der Waals surface area contributed by atoms with E-state index in [0.29, 0.717) is 18.8 Å². The summed E-state index contributed by atoms with van der Waals surface area (Å²) in [6.07, 6.45) is 1.26. The lowest BCUT2D eigenvalue weighted by molar-refractivity contribution is 0.0849. The Hall–Kier alpha value is -1.33. The summed E-state index contributed by atoms with van der Waals surface area (Å²) in [6, 6.07) is 3.34. The Balaban J connectivity index is 2.68. The highest BCUT2D eigenvalue weighted by molar-refractivity contribution is 5.92. The zero-order chi connectivity index (χ0) is 13.6. The number of carbonyl (C=O) groups excluding carboxylic acids is 1. The van der Waals surface area contributed by atoms with Crippen LogP contribution in [0.2, 0.25) is 0 Å². The van der Waals surface area contributed by atoms with E-state index in [-0.39, 0.29) is 18.3 Å². The van der Waals surface area contributed by atoms with E-state index in [2.05, 4.69) is 5.32 Å². The highest BCUT2D eigenvalue weighted by atomic mass is 16.5. The molecule has 5 nitrogen and oxygen atoms in total. The van der Waals surface area contributed by atoms with Crippen LogP contribution in [-0.2, 0) is 11.3 Å². The van der Waals surface area contributed by atoms with Crippen LogP contribution in [0.15, 0.2) is 16.5 Å². The van der Waals surface area contributed by atoms with E-state index in [4.69, 9.17) is 14.3 Å². The molecule has 5 heteroatoms. The van der Waals surface area contributed by atoms with Gasteiger partial charge in [0.25, 0.3) is 5.91 Å². The monoisotopic (exact) mass is 255 g/mol. The van der Waals surface area contributed by atoms with Crippen molar-refractivity contribution in [3.05, 3.63) is 23.7 Å². The molecule has 18 heavy (non-hydrogen) atoms. The molecule has 102 valence electrons. The number of nitrogens with one attached hydrogen (secondary N) is 1. The molecule has 2 N–H and O–H groups in total. The smallest absolute Gasteiger partial charge is 0.287 e. The fourth-order valence-electron chi connectivity index (χ4n) is 1.63. The van der Waals surface area contributed by atoms with Crippen LogP contribution in [0, 0.1) is 0 Å². The molecule has 0 aliphatic carbocycles. The van der Waals surface area contributed by atoms with Gasteiger partial charge in [-0.15, -0.1) is 0 Å². The molecule has 1 atom stereocenters. The molecule has 1 aromatic heterocycles. The average molecular weight is 255 g/mol. The van der Waals surface area contributed by atoms with Gasteiger partial charge in [-0.1, -0.05) is 6.92 Å². The van der Waals surface area contributed by atoms with Crippen LogP contribution >= 0.6 is 0 Å². The number of amides is 1. The zero-order valence-corrected chi connectivity index (χ0v) is 11.2. The van der Waals surface area contributed by atoms with E-state index in [1.807, 2.05) is 13.8 Å². The Kier molecular flexibility index (Phi) is 5.37. The van der Waals surface area contributed by atoms with Gasteiger partial charge in [-0.2, -0.15) is 0 Å². The maximum Gasteiger partial charge on any atom is 0.287 e. The third kappa shape index (κ3) is 3.85. The summed E-state index contributed by atoms with van der Waals surface area (Å²) in [7, 11) is 1.57. The third-order valence-corrected chi connectivity index (χ3v) is 3.03. The second-order valence-electron chi connectivity index (χ2n) is 4.54. The molecule has 0 fully saturated rings. The molecule has 0 radical (unpaired) electrons. The van der Waals surface area contributed by atoms with Crippen molar-refractivity contribution in [1.29, 1.82) is 0 Å². The fraction of sp³-hybridized carbons (Fsp3) is 0.615. The summed E-state index contributed by atoms with van der Waals surface area (Å²) in [5.74, 6) is 0.609. The molecule has 0 bridgehead atoms.